The fourth-order valence-corrected chi connectivity index (χ4v) is 3.96. The summed E-state index contributed by atoms with van der Waals surface area (Å²) in [5, 5.41) is 12.8. The topological polar surface area (TPSA) is 46.4 Å². The molecule has 0 N–H and O–H groups in total. The molecule has 1 aliphatic heterocycles. The van der Waals surface area contributed by atoms with Gasteiger partial charge in [0, 0.05) is 24.0 Å². The van der Waals surface area contributed by atoms with Crippen LogP contribution in [0.25, 0.3) is 0 Å². The average molecular weight is 357 g/mol. The quantitative estimate of drug-likeness (QED) is 0.600. The molecule has 3 rings (SSSR count). The number of halogens is 2. The first-order valence-electron chi connectivity index (χ1n) is 6.00. The summed E-state index contributed by atoms with van der Waals surface area (Å²) in [7, 11) is 0. The Morgan fingerprint density at radius 1 is 1.45 bits per heavy atom. The van der Waals surface area contributed by atoms with E-state index in [1.54, 1.807) is 11.3 Å². The number of non-ortho nitro benzene ring substituents is 1. The summed E-state index contributed by atoms with van der Waals surface area (Å²) in [6, 6.07) is 4.37. The molecule has 0 fully saturated rings. The highest BCUT2D eigenvalue weighted by atomic mass is 79.9. The van der Waals surface area contributed by atoms with Crippen molar-refractivity contribution in [2.45, 2.75) is 13.0 Å². The first-order valence-corrected chi connectivity index (χ1v) is 7.67. The third-order valence-corrected chi connectivity index (χ3v) is 4.96. The Morgan fingerprint density at radius 2 is 2.25 bits per heavy atom. The summed E-state index contributed by atoms with van der Waals surface area (Å²) in [6.45, 7) is 1.34. The Morgan fingerprint density at radius 3 is 2.95 bits per heavy atom. The van der Waals surface area contributed by atoms with E-state index in [4.69, 9.17) is 0 Å². The first kappa shape index (κ1) is 13.5. The second-order valence-electron chi connectivity index (χ2n) is 4.56. The smallest absolute Gasteiger partial charge is 0.273 e. The lowest BCUT2D eigenvalue weighted by Gasteiger charge is -2.30. The van der Waals surface area contributed by atoms with Crippen LogP contribution in [0.15, 0.2) is 28.1 Å². The average Bonchev–Trinajstić information content (AvgIpc) is 2.85. The van der Waals surface area contributed by atoms with Crippen LogP contribution in [-0.2, 0) is 13.0 Å². The highest BCUT2D eigenvalue weighted by molar-refractivity contribution is 9.10. The first-order chi connectivity index (χ1) is 9.56. The lowest BCUT2D eigenvalue weighted by molar-refractivity contribution is -0.385. The van der Waals surface area contributed by atoms with E-state index in [2.05, 4.69) is 15.9 Å². The maximum Gasteiger partial charge on any atom is 0.273 e. The van der Waals surface area contributed by atoms with Gasteiger partial charge in [-0.3, -0.25) is 10.1 Å². The molecule has 1 aromatic carbocycles. The zero-order valence-corrected chi connectivity index (χ0v) is 12.7. The second-order valence-corrected chi connectivity index (χ2v) is 6.41. The molecule has 1 aliphatic rings. The van der Waals surface area contributed by atoms with Crippen LogP contribution < -0.4 is 4.90 Å². The molecule has 7 heteroatoms. The van der Waals surface area contributed by atoms with Gasteiger partial charge in [0.25, 0.3) is 5.69 Å². The maximum atomic E-state index is 14.2. The normalized spacial score (nSPS) is 14.2. The summed E-state index contributed by atoms with van der Waals surface area (Å²) >= 11 is 4.96. The number of nitro groups is 1. The second kappa shape index (κ2) is 5.14. The van der Waals surface area contributed by atoms with Gasteiger partial charge < -0.3 is 4.90 Å². The lowest BCUT2D eigenvalue weighted by Crippen LogP contribution is -2.30. The molecule has 2 aromatic rings. The summed E-state index contributed by atoms with van der Waals surface area (Å²) in [5.74, 6) is -0.565. The number of anilines is 1. The Balaban J connectivity index is 1.97. The molecular formula is C13H10BrFN2O2S. The van der Waals surface area contributed by atoms with E-state index in [-0.39, 0.29) is 5.69 Å². The molecule has 0 unspecified atom stereocenters. The van der Waals surface area contributed by atoms with Gasteiger partial charge in [0.1, 0.15) is 0 Å². The van der Waals surface area contributed by atoms with E-state index in [1.807, 2.05) is 16.3 Å². The number of hydrogen-bond acceptors (Lipinski definition) is 4. The van der Waals surface area contributed by atoms with Crippen LogP contribution in [0.5, 0.6) is 0 Å². The van der Waals surface area contributed by atoms with E-state index in [0.29, 0.717) is 23.2 Å². The molecule has 0 spiro atoms. The molecule has 0 atom stereocenters. The summed E-state index contributed by atoms with van der Waals surface area (Å²) in [5.41, 5.74) is 1.35. The Bertz CT molecular complexity index is 666. The standard InChI is InChI=1S/C13H10BrFN2O2S/c14-10-5-9(17(18)19)6-11(15)13(10)16-3-1-12-8(7-16)2-4-20-12/h2,4-6H,1,3,7H2. The van der Waals surface area contributed by atoms with Crippen LogP contribution in [0, 0.1) is 15.9 Å². The summed E-state index contributed by atoms with van der Waals surface area (Å²) < 4.78 is 14.6. The highest BCUT2D eigenvalue weighted by Crippen LogP contribution is 2.36. The van der Waals surface area contributed by atoms with Gasteiger partial charge in [-0.2, -0.15) is 0 Å². The molecule has 0 saturated carbocycles. The Labute approximate surface area is 127 Å². The van der Waals surface area contributed by atoms with Crippen molar-refractivity contribution in [1.29, 1.82) is 0 Å². The molecule has 0 radical (unpaired) electrons. The van der Waals surface area contributed by atoms with Gasteiger partial charge in [-0.05, 0) is 39.4 Å². The Kier molecular flexibility index (Phi) is 3.47. The van der Waals surface area contributed by atoms with Crippen molar-refractivity contribution in [1.82, 2.24) is 0 Å². The van der Waals surface area contributed by atoms with Gasteiger partial charge in [-0.15, -0.1) is 11.3 Å². The zero-order valence-electron chi connectivity index (χ0n) is 10.3. The molecule has 4 nitrogen and oxygen atoms in total. The molecule has 2 heterocycles. The van der Waals surface area contributed by atoms with Crippen molar-refractivity contribution in [2.24, 2.45) is 0 Å². The lowest BCUT2D eigenvalue weighted by atomic mass is 10.1. The van der Waals surface area contributed by atoms with Crippen molar-refractivity contribution >= 4 is 38.6 Å². The summed E-state index contributed by atoms with van der Waals surface area (Å²) in [6.07, 6.45) is 0.871. The SMILES string of the molecule is O=[N+]([O-])c1cc(F)c(N2CCc3sccc3C2)c(Br)c1. The van der Waals surface area contributed by atoms with E-state index in [0.717, 1.165) is 12.5 Å². The van der Waals surface area contributed by atoms with Gasteiger partial charge in [-0.1, -0.05) is 0 Å². The fourth-order valence-electron chi connectivity index (χ4n) is 2.40. The third kappa shape index (κ3) is 2.31. The van der Waals surface area contributed by atoms with Gasteiger partial charge in [0.2, 0.25) is 0 Å². The largest absolute Gasteiger partial charge is 0.364 e. The maximum absolute atomic E-state index is 14.2. The molecule has 0 bridgehead atoms. The van der Waals surface area contributed by atoms with Gasteiger partial charge in [0.05, 0.1) is 21.1 Å². The molecule has 0 saturated heterocycles. The van der Waals surface area contributed by atoms with E-state index in [1.165, 1.54) is 16.5 Å². The predicted molar refractivity (Wildman–Crippen MR) is 79.8 cm³/mol. The Hall–Kier alpha value is -1.47. The highest BCUT2D eigenvalue weighted by Gasteiger charge is 2.24. The number of hydrogen-bond donors (Lipinski definition) is 0. The molecule has 1 aromatic heterocycles. The van der Waals surface area contributed by atoms with E-state index < -0.39 is 10.7 Å². The van der Waals surface area contributed by atoms with Crippen LogP contribution in [-0.4, -0.2) is 11.5 Å². The number of rotatable bonds is 2. The van der Waals surface area contributed by atoms with Gasteiger partial charge in [-0.25, -0.2) is 4.39 Å². The summed E-state index contributed by atoms with van der Waals surface area (Å²) in [4.78, 5) is 13.4. The minimum absolute atomic E-state index is 0.244. The predicted octanol–water partition coefficient (Wildman–Crippen LogP) is 4.12. The molecule has 0 amide bonds. The van der Waals surface area contributed by atoms with Crippen molar-refractivity contribution < 1.29 is 9.31 Å². The van der Waals surface area contributed by atoms with Crippen molar-refractivity contribution in [2.75, 3.05) is 11.4 Å². The van der Waals surface area contributed by atoms with Crippen molar-refractivity contribution in [3.63, 3.8) is 0 Å². The number of thiophene rings is 1. The number of nitrogens with zero attached hydrogens (tertiary/aromatic N) is 2. The van der Waals surface area contributed by atoms with Crippen molar-refractivity contribution in [3.05, 3.63) is 54.4 Å². The zero-order chi connectivity index (χ0) is 14.3. The third-order valence-electron chi connectivity index (χ3n) is 3.34. The minimum Gasteiger partial charge on any atom is -0.364 e. The van der Waals surface area contributed by atoms with Crippen LogP contribution in [0.3, 0.4) is 0 Å². The van der Waals surface area contributed by atoms with Crippen molar-refractivity contribution in [3.8, 4) is 0 Å². The van der Waals surface area contributed by atoms with E-state index >= 15 is 0 Å². The van der Waals surface area contributed by atoms with E-state index in [9.17, 15) is 14.5 Å². The minimum atomic E-state index is -0.592. The van der Waals surface area contributed by atoms with Crippen LogP contribution in [0.2, 0.25) is 0 Å². The molecule has 0 aliphatic carbocycles. The molecule has 20 heavy (non-hydrogen) atoms. The number of benzene rings is 1. The van der Waals surface area contributed by atoms with Gasteiger partial charge >= 0.3 is 0 Å². The van der Waals surface area contributed by atoms with Crippen LogP contribution >= 0.6 is 27.3 Å². The molecular weight excluding hydrogens is 347 g/mol. The number of fused-ring (bicyclic) bond motifs is 1. The monoisotopic (exact) mass is 356 g/mol. The van der Waals surface area contributed by atoms with Crippen LogP contribution in [0.1, 0.15) is 10.4 Å². The number of nitro benzene ring substituents is 1. The van der Waals surface area contributed by atoms with Gasteiger partial charge in [0.15, 0.2) is 5.82 Å². The fraction of sp³-hybridized carbons (Fsp3) is 0.231. The molecule has 104 valence electrons. The van der Waals surface area contributed by atoms with Crippen LogP contribution in [0.4, 0.5) is 15.8 Å².